The summed E-state index contributed by atoms with van der Waals surface area (Å²) in [6, 6.07) is 2.33. The highest BCUT2D eigenvalue weighted by atomic mass is 16.3. The van der Waals surface area contributed by atoms with Crippen molar-refractivity contribution in [2.75, 3.05) is 13.1 Å². The third-order valence-corrected chi connectivity index (χ3v) is 4.73. The minimum absolute atomic E-state index is 0.00986. The molecule has 4 heteroatoms. The molecule has 2 aliphatic rings. The van der Waals surface area contributed by atoms with Gasteiger partial charge in [0.25, 0.3) is 0 Å². The molecule has 106 valence electrons. The molecule has 1 saturated carbocycles. The molecule has 2 fully saturated rings. The second kappa shape index (κ2) is 5.92. The number of aliphatic hydroxyl groups excluding tert-OH is 1. The second-order valence-electron chi connectivity index (χ2n) is 6.19. The Bertz CT molecular complexity index is 367. The summed E-state index contributed by atoms with van der Waals surface area (Å²) >= 11 is 0. The van der Waals surface area contributed by atoms with Gasteiger partial charge in [0.2, 0.25) is 5.91 Å². The van der Waals surface area contributed by atoms with Crippen molar-refractivity contribution in [3.8, 4) is 6.07 Å². The van der Waals surface area contributed by atoms with Gasteiger partial charge in [-0.25, -0.2) is 0 Å². The van der Waals surface area contributed by atoms with Crippen LogP contribution in [0.1, 0.15) is 51.9 Å². The number of aliphatic hydroxyl groups is 1. The zero-order chi connectivity index (χ0) is 13.9. The Morgan fingerprint density at radius 2 is 1.95 bits per heavy atom. The van der Waals surface area contributed by atoms with Crippen LogP contribution in [0, 0.1) is 22.7 Å². The molecule has 0 bridgehead atoms. The van der Waals surface area contributed by atoms with Gasteiger partial charge in [-0.3, -0.25) is 4.79 Å². The third-order valence-electron chi connectivity index (χ3n) is 4.73. The summed E-state index contributed by atoms with van der Waals surface area (Å²) in [6.07, 6.45) is 5.95. The number of nitrogens with zero attached hydrogens (tertiary/aromatic N) is 2. The van der Waals surface area contributed by atoms with Gasteiger partial charge in [-0.2, -0.15) is 5.26 Å². The molecular formula is C15H24N2O2. The summed E-state index contributed by atoms with van der Waals surface area (Å²) in [5, 5.41) is 19.3. The maximum atomic E-state index is 12.7. The predicted molar refractivity (Wildman–Crippen MR) is 72.1 cm³/mol. The molecule has 1 heterocycles. The minimum Gasteiger partial charge on any atom is -0.393 e. The Morgan fingerprint density at radius 3 is 2.47 bits per heavy atom. The van der Waals surface area contributed by atoms with Crippen LogP contribution in [0.4, 0.5) is 0 Å². The van der Waals surface area contributed by atoms with E-state index in [2.05, 4.69) is 6.07 Å². The number of rotatable bonds is 1. The molecular weight excluding hydrogens is 240 g/mol. The van der Waals surface area contributed by atoms with Crippen molar-refractivity contribution in [2.45, 2.75) is 58.0 Å². The van der Waals surface area contributed by atoms with Crippen LogP contribution in [0.25, 0.3) is 0 Å². The Morgan fingerprint density at radius 1 is 1.32 bits per heavy atom. The molecule has 1 saturated heterocycles. The molecule has 1 amide bonds. The molecule has 1 N–H and O–H groups in total. The normalized spacial score (nSPS) is 31.3. The van der Waals surface area contributed by atoms with Crippen molar-refractivity contribution >= 4 is 5.91 Å². The van der Waals surface area contributed by atoms with E-state index in [1.807, 2.05) is 11.8 Å². The van der Waals surface area contributed by atoms with E-state index in [0.717, 1.165) is 25.7 Å². The Kier molecular flexibility index (Phi) is 4.46. The summed E-state index contributed by atoms with van der Waals surface area (Å²) < 4.78 is 0. The van der Waals surface area contributed by atoms with Crippen LogP contribution in [0.5, 0.6) is 0 Å². The lowest BCUT2D eigenvalue weighted by Crippen LogP contribution is -2.50. The molecule has 19 heavy (non-hydrogen) atoms. The number of carbonyl (C=O) groups is 1. The summed E-state index contributed by atoms with van der Waals surface area (Å²) in [5.74, 6) is 0.120. The van der Waals surface area contributed by atoms with Gasteiger partial charge in [0.15, 0.2) is 0 Å². The Balaban J connectivity index is 2.10. The van der Waals surface area contributed by atoms with Crippen molar-refractivity contribution in [1.82, 2.24) is 4.90 Å². The first-order valence-corrected chi connectivity index (χ1v) is 7.48. The molecule has 2 atom stereocenters. The third kappa shape index (κ3) is 2.92. The van der Waals surface area contributed by atoms with E-state index in [9.17, 15) is 15.2 Å². The maximum Gasteiger partial charge on any atom is 0.243 e. The smallest absolute Gasteiger partial charge is 0.243 e. The Labute approximate surface area is 115 Å². The first-order chi connectivity index (χ1) is 9.09. The number of likely N-dealkylation sites (tertiary alicyclic amines) is 1. The molecule has 0 radical (unpaired) electrons. The van der Waals surface area contributed by atoms with Crippen LogP contribution in [0.15, 0.2) is 0 Å². The van der Waals surface area contributed by atoms with Crippen molar-refractivity contribution < 1.29 is 9.90 Å². The monoisotopic (exact) mass is 264 g/mol. The van der Waals surface area contributed by atoms with Gasteiger partial charge >= 0.3 is 0 Å². The van der Waals surface area contributed by atoms with Gasteiger partial charge in [-0.05, 0) is 25.2 Å². The van der Waals surface area contributed by atoms with E-state index >= 15 is 0 Å². The van der Waals surface area contributed by atoms with Crippen LogP contribution in [-0.2, 0) is 4.79 Å². The molecule has 1 aliphatic carbocycles. The lowest BCUT2D eigenvalue weighted by molar-refractivity contribution is -0.143. The molecule has 0 aromatic rings. The number of nitriles is 1. The second-order valence-corrected chi connectivity index (χ2v) is 6.19. The van der Waals surface area contributed by atoms with E-state index in [4.69, 9.17) is 0 Å². The zero-order valence-electron chi connectivity index (χ0n) is 11.8. The van der Waals surface area contributed by atoms with Gasteiger partial charge < -0.3 is 10.0 Å². The fourth-order valence-corrected chi connectivity index (χ4v) is 3.33. The van der Waals surface area contributed by atoms with Crippen molar-refractivity contribution in [2.24, 2.45) is 11.3 Å². The Hall–Kier alpha value is -1.08. The van der Waals surface area contributed by atoms with Crippen LogP contribution < -0.4 is 0 Å². The quantitative estimate of drug-likeness (QED) is 0.737. The fourth-order valence-electron chi connectivity index (χ4n) is 3.33. The predicted octanol–water partition coefficient (Wildman–Crippen LogP) is 2.08. The maximum absolute atomic E-state index is 12.7. The van der Waals surface area contributed by atoms with Crippen LogP contribution in [0.3, 0.4) is 0 Å². The van der Waals surface area contributed by atoms with Gasteiger partial charge in [-0.1, -0.05) is 32.6 Å². The molecule has 0 spiro atoms. The largest absolute Gasteiger partial charge is 0.393 e. The van der Waals surface area contributed by atoms with Gasteiger partial charge in [0.1, 0.15) is 5.41 Å². The molecule has 0 aromatic carbocycles. The van der Waals surface area contributed by atoms with Crippen LogP contribution in [0.2, 0.25) is 0 Å². The standard InChI is InChI=1S/C15H24N2O2/c1-12-10-17(9-6-13(12)18)14(19)15(11-16)7-4-2-3-5-8-15/h12-13,18H,2-10H2,1H3. The summed E-state index contributed by atoms with van der Waals surface area (Å²) in [7, 11) is 0. The van der Waals surface area contributed by atoms with E-state index in [1.54, 1.807) is 0 Å². The first kappa shape index (κ1) is 14.3. The highest BCUT2D eigenvalue weighted by molar-refractivity contribution is 5.85. The zero-order valence-corrected chi connectivity index (χ0v) is 11.8. The van der Waals surface area contributed by atoms with Crippen LogP contribution in [-0.4, -0.2) is 35.1 Å². The van der Waals surface area contributed by atoms with Crippen molar-refractivity contribution in [3.63, 3.8) is 0 Å². The summed E-state index contributed by atoms with van der Waals surface area (Å²) in [4.78, 5) is 14.5. The van der Waals surface area contributed by atoms with Gasteiger partial charge in [-0.15, -0.1) is 0 Å². The molecule has 2 rings (SSSR count). The van der Waals surface area contributed by atoms with Gasteiger partial charge in [0, 0.05) is 13.1 Å². The lowest BCUT2D eigenvalue weighted by Gasteiger charge is -2.38. The highest BCUT2D eigenvalue weighted by Gasteiger charge is 2.43. The number of hydrogen-bond acceptors (Lipinski definition) is 3. The number of carbonyl (C=O) groups excluding carboxylic acids is 1. The summed E-state index contributed by atoms with van der Waals surface area (Å²) in [6.45, 7) is 3.15. The fraction of sp³-hybridized carbons (Fsp3) is 0.867. The highest BCUT2D eigenvalue weighted by Crippen LogP contribution is 2.37. The van der Waals surface area contributed by atoms with Crippen molar-refractivity contribution in [3.05, 3.63) is 0 Å². The van der Waals surface area contributed by atoms with E-state index in [-0.39, 0.29) is 17.9 Å². The van der Waals surface area contributed by atoms with Crippen LogP contribution >= 0.6 is 0 Å². The summed E-state index contributed by atoms with van der Waals surface area (Å²) in [5.41, 5.74) is -0.793. The molecule has 2 unspecified atom stereocenters. The number of amides is 1. The van der Waals surface area contributed by atoms with Crippen molar-refractivity contribution in [1.29, 1.82) is 5.26 Å². The molecule has 0 aromatic heterocycles. The first-order valence-electron chi connectivity index (χ1n) is 7.48. The average molecular weight is 264 g/mol. The van der Waals surface area contributed by atoms with E-state index in [0.29, 0.717) is 32.4 Å². The topological polar surface area (TPSA) is 64.3 Å². The number of hydrogen-bond donors (Lipinski definition) is 1. The van der Waals surface area contributed by atoms with E-state index in [1.165, 1.54) is 0 Å². The molecule has 4 nitrogen and oxygen atoms in total. The molecule has 1 aliphatic heterocycles. The minimum atomic E-state index is -0.793. The SMILES string of the molecule is CC1CN(C(=O)C2(C#N)CCCCCC2)CCC1O. The van der Waals surface area contributed by atoms with E-state index < -0.39 is 5.41 Å². The lowest BCUT2D eigenvalue weighted by atomic mass is 9.79. The van der Waals surface area contributed by atoms with Gasteiger partial charge in [0.05, 0.1) is 12.2 Å². The number of piperidine rings is 1. The average Bonchev–Trinajstić information content (AvgIpc) is 2.67.